The maximum atomic E-state index is 11.4. The van der Waals surface area contributed by atoms with Crippen molar-refractivity contribution in [1.82, 2.24) is 0 Å². The molecule has 5 heteroatoms. The van der Waals surface area contributed by atoms with Gasteiger partial charge in [0.25, 0.3) is 10.1 Å². The van der Waals surface area contributed by atoms with Crippen LogP contribution < -0.4 is 4.90 Å². The third-order valence-corrected chi connectivity index (χ3v) is 4.60. The van der Waals surface area contributed by atoms with Crippen molar-refractivity contribution in [1.29, 1.82) is 0 Å². The summed E-state index contributed by atoms with van der Waals surface area (Å²) in [4.78, 5) is 2.18. The third kappa shape index (κ3) is 4.08. The highest BCUT2D eigenvalue weighted by Crippen LogP contribution is 2.19. The number of likely N-dealkylation sites (N-methyl/N-ethyl adjacent to an activating group) is 1. The lowest BCUT2D eigenvalue weighted by molar-refractivity contribution is 0.482. The summed E-state index contributed by atoms with van der Waals surface area (Å²) in [5.41, 5.74) is 2.94. The first-order chi connectivity index (χ1) is 10.4. The van der Waals surface area contributed by atoms with E-state index >= 15 is 0 Å². The molecule has 2 aromatic carbocycles. The lowest BCUT2D eigenvalue weighted by Gasteiger charge is -2.24. The maximum absolute atomic E-state index is 11.4. The average molecular weight is 319 g/mol. The van der Waals surface area contributed by atoms with E-state index in [2.05, 4.69) is 17.9 Å². The van der Waals surface area contributed by atoms with Crippen molar-refractivity contribution in [2.75, 3.05) is 18.0 Å². The molecular weight excluding hydrogens is 298 g/mol. The van der Waals surface area contributed by atoms with Gasteiger partial charge in [0.05, 0.1) is 4.90 Å². The minimum atomic E-state index is -4.18. The highest BCUT2D eigenvalue weighted by Gasteiger charge is 2.15. The molecule has 0 aliphatic rings. The Morgan fingerprint density at radius 3 is 2.45 bits per heavy atom. The SMILES string of the molecule is CCN(CCc1ccccc1S(=O)(=O)O)c1cccc(C)c1. The molecule has 22 heavy (non-hydrogen) atoms. The van der Waals surface area contributed by atoms with Gasteiger partial charge in [-0.15, -0.1) is 0 Å². The van der Waals surface area contributed by atoms with E-state index in [-0.39, 0.29) is 4.90 Å². The van der Waals surface area contributed by atoms with Gasteiger partial charge < -0.3 is 4.90 Å². The lowest BCUT2D eigenvalue weighted by Crippen LogP contribution is -2.25. The Balaban J connectivity index is 2.19. The minimum Gasteiger partial charge on any atom is -0.371 e. The first-order valence-electron chi connectivity index (χ1n) is 7.29. The van der Waals surface area contributed by atoms with Crippen LogP contribution in [0.15, 0.2) is 53.4 Å². The van der Waals surface area contributed by atoms with Crippen LogP contribution in [0.4, 0.5) is 5.69 Å². The van der Waals surface area contributed by atoms with Crippen molar-refractivity contribution in [2.45, 2.75) is 25.2 Å². The van der Waals surface area contributed by atoms with Crippen LogP contribution in [0.5, 0.6) is 0 Å². The fourth-order valence-corrected chi connectivity index (χ4v) is 3.26. The molecule has 0 aliphatic carbocycles. The van der Waals surface area contributed by atoms with Gasteiger partial charge >= 0.3 is 0 Å². The molecule has 2 aromatic rings. The van der Waals surface area contributed by atoms with E-state index < -0.39 is 10.1 Å². The molecule has 1 N–H and O–H groups in total. The van der Waals surface area contributed by atoms with Gasteiger partial charge in [0.1, 0.15) is 0 Å². The van der Waals surface area contributed by atoms with Crippen molar-refractivity contribution in [2.24, 2.45) is 0 Å². The largest absolute Gasteiger partial charge is 0.371 e. The highest BCUT2D eigenvalue weighted by molar-refractivity contribution is 7.85. The van der Waals surface area contributed by atoms with Crippen molar-refractivity contribution < 1.29 is 13.0 Å². The Morgan fingerprint density at radius 1 is 1.09 bits per heavy atom. The van der Waals surface area contributed by atoms with Gasteiger partial charge in [-0.05, 0) is 49.6 Å². The fraction of sp³-hybridized carbons (Fsp3) is 0.294. The van der Waals surface area contributed by atoms with Crippen LogP contribution in [-0.2, 0) is 16.5 Å². The van der Waals surface area contributed by atoms with Gasteiger partial charge in [0.2, 0.25) is 0 Å². The molecule has 0 aromatic heterocycles. The van der Waals surface area contributed by atoms with Crippen LogP contribution >= 0.6 is 0 Å². The van der Waals surface area contributed by atoms with Crippen molar-refractivity contribution in [3.05, 3.63) is 59.7 Å². The van der Waals surface area contributed by atoms with E-state index in [0.717, 1.165) is 12.2 Å². The predicted octanol–water partition coefficient (Wildman–Crippen LogP) is 3.31. The number of hydrogen-bond acceptors (Lipinski definition) is 3. The second-order valence-corrected chi connectivity index (χ2v) is 6.64. The van der Waals surface area contributed by atoms with Crippen LogP contribution in [0.25, 0.3) is 0 Å². The molecule has 0 bridgehead atoms. The molecule has 0 atom stereocenters. The number of nitrogens with zero attached hydrogens (tertiary/aromatic N) is 1. The van der Waals surface area contributed by atoms with E-state index in [9.17, 15) is 13.0 Å². The Morgan fingerprint density at radius 2 is 1.82 bits per heavy atom. The summed E-state index contributed by atoms with van der Waals surface area (Å²) < 4.78 is 32.2. The summed E-state index contributed by atoms with van der Waals surface area (Å²) in [5.74, 6) is 0. The molecule has 0 radical (unpaired) electrons. The van der Waals surface area contributed by atoms with Crippen LogP contribution in [0.3, 0.4) is 0 Å². The molecule has 0 amide bonds. The topological polar surface area (TPSA) is 57.6 Å². The summed E-state index contributed by atoms with van der Waals surface area (Å²) in [6.07, 6.45) is 0.553. The van der Waals surface area contributed by atoms with Gasteiger partial charge in [-0.25, -0.2) is 0 Å². The normalized spacial score (nSPS) is 11.4. The van der Waals surface area contributed by atoms with Gasteiger partial charge in [0.15, 0.2) is 0 Å². The molecule has 0 unspecified atom stereocenters. The molecule has 0 saturated heterocycles. The molecule has 0 fully saturated rings. The fourth-order valence-electron chi connectivity index (χ4n) is 2.51. The molecular formula is C17H21NO3S. The van der Waals surface area contributed by atoms with Gasteiger partial charge in [-0.3, -0.25) is 4.55 Å². The van der Waals surface area contributed by atoms with Crippen molar-refractivity contribution in [3.8, 4) is 0 Å². The number of hydrogen-bond donors (Lipinski definition) is 1. The maximum Gasteiger partial charge on any atom is 0.294 e. The highest BCUT2D eigenvalue weighted by atomic mass is 32.2. The first kappa shape index (κ1) is 16.5. The van der Waals surface area contributed by atoms with Crippen LogP contribution in [0.1, 0.15) is 18.1 Å². The summed E-state index contributed by atoms with van der Waals surface area (Å²) in [6.45, 7) is 5.63. The van der Waals surface area contributed by atoms with E-state index in [0.29, 0.717) is 18.5 Å². The summed E-state index contributed by atoms with van der Waals surface area (Å²) in [5, 5.41) is 0. The van der Waals surface area contributed by atoms with Crippen LogP contribution in [0, 0.1) is 6.92 Å². The van der Waals surface area contributed by atoms with Gasteiger partial charge in [0, 0.05) is 18.8 Å². The molecule has 0 saturated carbocycles. The monoisotopic (exact) mass is 319 g/mol. The summed E-state index contributed by atoms with van der Waals surface area (Å²) in [7, 11) is -4.18. The molecule has 0 heterocycles. The quantitative estimate of drug-likeness (QED) is 0.830. The standard InChI is InChI=1S/C17H21NO3S/c1-3-18(16-9-6-7-14(2)13-16)12-11-15-8-4-5-10-17(15)22(19,20)21/h4-10,13H,3,11-12H2,1-2H3,(H,19,20,21). The second kappa shape index (κ2) is 6.94. The summed E-state index contributed by atoms with van der Waals surface area (Å²) >= 11 is 0. The number of rotatable bonds is 6. The van der Waals surface area contributed by atoms with Gasteiger partial charge in [-0.1, -0.05) is 30.3 Å². The average Bonchev–Trinajstić information content (AvgIpc) is 2.47. The van der Waals surface area contributed by atoms with Crippen LogP contribution in [0.2, 0.25) is 0 Å². The molecule has 118 valence electrons. The Bertz CT molecular complexity index is 741. The zero-order chi connectivity index (χ0) is 16.2. The third-order valence-electron chi connectivity index (χ3n) is 3.65. The van der Waals surface area contributed by atoms with Crippen LogP contribution in [-0.4, -0.2) is 26.1 Å². The van der Waals surface area contributed by atoms with Crippen molar-refractivity contribution in [3.63, 3.8) is 0 Å². The van der Waals surface area contributed by atoms with E-state index in [4.69, 9.17) is 0 Å². The number of aryl methyl sites for hydroxylation is 1. The smallest absolute Gasteiger partial charge is 0.294 e. The minimum absolute atomic E-state index is 0.00436. The number of benzene rings is 2. The zero-order valence-corrected chi connectivity index (χ0v) is 13.7. The molecule has 4 nitrogen and oxygen atoms in total. The van der Waals surface area contributed by atoms with E-state index in [1.54, 1.807) is 18.2 Å². The zero-order valence-electron chi connectivity index (χ0n) is 12.9. The first-order valence-corrected chi connectivity index (χ1v) is 8.73. The predicted molar refractivity (Wildman–Crippen MR) is 89.0 cm³/mol. The number of anilines is 1. The van der Waals surface area contributed by atoms with Gasteiger partial charge in [-0.2, -0.15) is 8.42 Å². The molecule has 0 spiro atoms. The Kier molecular flexibility index (Phi) is 5.21. The lowest BCUT2D eigenvalue weighted by atomic mass is 10.1. The van der Waals surface area contributed by atoms with Crippen molar-refractivity contribution >= 4 is 15.8 Å². The molecule has 2 rings (SSSR count). The Hall–Kier alpha value is -1.85. The molecule has 0 aliphatic heterocycles. The summed E-state index contributed by atoms with van der Waals surface area (Å²) in [6, 6.07) is 14.8. The Labute approximate surface area is 132 Å². The second-order valence-electron chi connectivity index (χ2n) is 5.25. The van der Waals surface area contributed by atoms with E-state index in [1.807, 2.05) is 25.1 Å². The van der Waals surface area contributed by atoms with E-state index in [1.165, 1.54) is 11.6 Å².